The number of hydrogen-bond acceptors (Lipinski definition) is 5. The van der Waals surface area contributed by atoms with Crippen LogP contribution in [0.25, 0.3) is 0 Å². The lowest BCUT2D eigenvalue weighted by Gasteiger charge is -2.35. The predicted octanol–water partition coefficient (Wildman–Crippen LogP) is 4.80. The Balaban J connectivity index is 1.77. The molecule has 0 saturated carbocycles. The fraction of sp³-hybridized carbons (Fsp3) is 0.957. The molecule has 1 fully saturated rings. The smallest absolute Gasteiger partial charge is 0.303 e. The Hall–Kier alpha value is -0.690. The summed E-state index contributed by atoms with van der Waals surface area (Å²) in [5.41, 5.74) is 0. The minimum Gasteiger partial charge on any atom is -0.481 e. The Kier molecular flexibility index (Phi) is 15.5. The van der Waals surface area contributed by atoms with Gasteiger partial charge in [0.05, 0.1) is 12.2 Å². The Labute approximate surface area is 177 Å². The maximum Gasteiger partial charge on any atom is 0.303 e. The molecule has 0 bridgehead atoms. The number of aliphatic hydroxyl groups excluding tert-OH is 2. The van der Waals surface area contributed by atoms with Crippen LogP contribution in [0, 0.1) is 0 Å². The lowest BCUT2D eigenvalue weighted by atomic mass is 10.0. The van der Waals surface area contributed by atoms with E-state index < -0.39 is 24.5 Å². The summed E-state index contributed by atoms with van der Waals surface area (Å²) in [5.74, 6) is -0.677. The number of unbranched alkanes of at least 4 members (excludes halogenated alkanes) is 13. The molecule has 0 radical (unpaired) electrons. The number of carboxylic acids is 1. The standard InChI is InChI=1S/C23H44O6/c1-19-20(24)18-21(25)23(29-19)28-17-15-13-11-9-7-5-3-2-4-6-8-10-12-14-16-22(26)27/h19-21,23-25H,2-18H2,1H3,(H,26,27)/t19-,20+,21+,23+/m0/s1. The summed E-state index contributed by atoms with van der Waals surface area (Å²) in [6, 6.07) is 0. The van der Waals surface area contributed by atoms with Crippen LogP contribution in [0.5, 0.6) is 0 Å². The van der Waals surface area contributed by atoms with Crippen molar-refractivity contribution in [2.45, 2.75) is 134 Å². The van der Waals surface area contributed by atoms with Crippen molar-refractivity contribution in [3.8, 4) is 0 Å². The fourth-order valence-corrected chi connectivity index (χ4v) is 3.79. The molecule has 6 nitrogen and oxygen atoms in total. The molecule has 0 aliphatic carbocycles. The molecule has 0 amide bonds. The van der Waals surface area contributed by atoms with Gasteiger partial charge in [0.15, 0.2) is 6.29 Å². The molecule has 1 rings (SSSR count). The number of rotatable bonds is 18. The van der Waals surface area contributed by atoms with E-state index in [-0.39, 0.29) is 6.10 Å². The molecular weight excluding hydrogens is 372 g/mol. The maximum absolute atomic E-state index is 10.4. The summed E-state index contributed by atoms with van der Waals surface area (Å²) in [6.45, 7) is 2.40. The number of carboxylic acid groups (broad SMARTS) is 1. The third-order valence-electron chi connectivity index (χ3n) is 5.75. The Morgan fingerprint density at radius 3 is 1.72 bits per heavy atom. The first-order valence-corrected chi connectivity index (χ1v) is 11.9. The van der Waals surface area contributed by atoms with Crippen molar-refractivity contribution in [2.75, 3.05) is 6.61 Å². The zero-order valence-corrected chi connectivity index (χ0v) is 18.4. The Morgan fingerprint density at radius 2 is 1.24 bits per heavy atom. The normalized spacial score (nSPS) is 24.7. The lowest BCUT2D eigenvalue weighted by molar-refractivity contribution is -0.261. The zero-order valence-electron chi connectivity index (χ0n) is 18.4. The molecule has 172 valence electrons. The van der Waals surface area contributed by atoms with E-state index in [2.05, 4.69) is 0 Å². The van der Waals surface area contributed by atoms with E-state index in [1.54, 1.807) is 6.92 Å². The van der Waals surface area contributed by atoms with Crippen LogP contribution in [0.1, 0.15) is 110 Å². The first-order valence-electron chi connectivity index (χ1n) is 11.9. The third kappa shape index (κ3) is 14.0. The van der Waals surface area contributed by atoms with E-state index in [0.717, 1.165) is 25.7 Å². The first kappa shape index (κ1) is 26.3. The molecule has 3 N–H and O–H groups in total. The Morgan fingerprint density at radius 1 is 0.793 bits per heavy atom. The molecule has 0 aromatic heterocycles. The van der Waals surface area contributed by atoms with Gasteiger partial charge in [0, 0.05) is 19.4 Å². The van der Waals surface area contributed by atoms with Gasteiger partial charge in [0.2, 0.25) is 0 Å². The molecule has 0 aromatic carbocycles. The number of carbonyl (C=O) groups is 1. The average Bonchev–Trinajstić information content (AvgIpc) is 2.67. The minimum absolute atomic E-state index is 0.285. The van der Waals surface area contributed by atoms with Crippen LogP contribution in [-0.4, -0.2) is 52.5 Å². The van der Waals surface area contributed by atoms with E-state index in [0.29, 0.717) is 19.4 Å². The predicted molar refractivity (Wildman–Crippen MR) is 114 cm³/mol. The summed E-state index contributed by atoms with van der Waals surface area (Å²) in [5, 5.41) is 28.1. The van der Waals surface area contributed by atoms with Gasteiger partial charge in [-0.25, -0.2) is 0 Å². The van der Waals surface area contributed by atoms with Crippen LogP contribution in [0.2, 0.25) is 0 Å². The maximum atomic E-state index is 10.4. The Bertz CT molecular complexity index is 403. The fourth-order valence-electron chi connectivity index (χ4n) is 3.79. The first-order chi connectivity index (χ1) is 14.0. The van der Waals surface area contributed by atoms with Gasteiger partial charge in [-0.3, -0.25) is 4.79 Å². The molecule has 0 aromatic rings. The van der Waals surface area contributed by atoms with Crippen molar-refractivity contribution < 1.29 is 29.6 Å². The molecule has 29 heavy (non-hydrogen) atoms. The highest BCUT2D eigenvalue weighted by atomic mass is 16.7. The van der Waals surface area contributed by atoms with E-state index >= 15 is 0 Å². The molecule has 4 atom stereocenters. The van der Waals surface area contributed by atoms with Gasteiger partial charge in [-0.1, -0.05) is 77.0 Å². The molecule has 1 heterocycles. The molecule has 0 spiro atoms. The van der Waals surface area contributed by atoms with Crippen LogP contribution in [0.4, 0.5) is 0 Å². The monoisotopic (exact) mass is 416 g/mol. The second kappa shape index (κ2) is 17.0. The van der Waals surface area contributed by atoms with Gasteiger partial charge in [0.1, 0.15) is 6.10 Å². The highest BCUT2D eigenvalue weighted by Gasteiger charge is 2.34. The van der Waals surface area contributed by atoms with Crippen molar-refractivity contribution in [2.24, 2.45) is 0 Å². The van der Waals surface area contributed by atoms with Crippen LogP contribution in [0.15, 0.2) is 0 Å². The largest absolute Gasteiger partial charge is 0.481 e. The second-order valence-corrected chi connectivity index (χ2v) is 8.54. The van der Waals surface area contributed by atoms with Crippen LogP contribution in [-0.2, 0) is 14.3 Å². The molecular formula is C23H44O6. The SMILES string of the molecule is C[C@@H]1O[C@@H](OCCCCCCCCCCCCCCCCC(=O)O)[C@H](O)C[C@H]1O. The summed E-state index contributed by atoms with van der Waals surface area (Å²) >= 11 is 0. The van der Waals surface area contributed by atoms with Gasteiger partial charge < -0.3 is 24.8 Å². The van der Waals surface area contributed by atoms with Crippen LogP contribution in [0.3, 0.4) is 0 Å². The van der Waals surface area contributed by atoms with Gasteiger partial charge in [-0.15, -0.1) is 0 Å². The van der Waals surface area contributed by atoms with Gasteiger partial charge in [-0.05, 0) is 19.8 Å². The quantitative estimate of drug-likeness (QED) is 0.278. The lowest BCUT2D eigenvalue weighted by Crippen LogP contribution is -2.47. The van der Waals surface area contributed by atoms with Gasteiger partial charge in [0.25, 0.3) is 0 Å². The van der Waals surface area contributed by atoms with E-state index in [1.807, 2.05) is 0 Å². The molecule has 1 saturated heterocycles. The van der Waals surface area contributed by atoms with Crippen LogP contribution < -0.4 is 0 Å². The topological polar surface area (TPSA) is 96.2 Å². The zero-order chi connectivity index (χ0) is 21.3. The number of ether oxygens (including phenoxy) is 2. The number of aliphatic hydroxyl groups is 2. The van der Waals surface area contributed by atoms with Crippen molar-refractivity contribution in [1.82, 2.24) is 0 Å². The van der Waals surface area contributed by atoms with Crippen LogP contribution >= 0.6 is 0 Å². The number of hydrogen-bond donors (Lipinski definition) is 3. The van der Waals surface area contributed by atoms with E-state index in [4.69, 9.17) is 14.6 Å². The summed E-state index contributed by atoms with van der Waals surface area (Å²) in [6.07, 6.45) is 15.2. The third-order valence-corrected chi connectivity index (χ3v) is 5.75. The highest BCUT2D eigenvalue weighted by Crippen LogP contribution is 2.21. The molecule has 1 aliphatic heterocycles. The highest BCUT2D eigenvalue weighted by molar-refractivity contribution is 5.66. The van der Waals surface area contributed by atoms with Crippen molar-refractivity contribution in [3.63, 3.8) is 0 Å². The number of aliphatic carboxylic acids is 1. The van der Waals surface area contributed by atoms with Gasteiger partial charge >= 0.3 is 5.97 Å². The minimum atomic E-state index is -0.738. The molecule has 1 aliphatic rings. The average molecular weight is 417 g/mol. The van der Waals surface area contributed by atoms with Crippen molar-refractivity contribution >= 4 is 5.97 Å². The van der Waals surface area contributed by atoms with Crippen molar-refractivity contribution in [3.05, 3.63) is 0 Å². The second-order valence-electron chi connectivity index (χ2n) is 8.54. The summed E-state index contributed by atoms with van der Waals surface area (Å²) in [4.78, 5) is 10.4. The molecule has 6 heteroatoms. The summed E-state index contributed by atoms with van der Waals surface area (Å²) in [7, 11) is 0. The summed E-state index contributed by atoms with van der Waals surface area (Å²) < 4.78 is 11.1. The molecule has 0 unspecified atom stereocenters. The van der Waals surface area contributed by atoms with E-state index in [9.17, 15) is 15.0 Å². The van der Waals surface area contributed by atoms with Crippen molar-refractivity contribution in [1.29, 1.82) is 0 Å². The van der Waals surface area contributed by atoms with E-state index in [1.165, 1.54) is 64.2 Å². The van der Waals surface area contributed by atoms with Gasteiger partial charge in [-0.2, -0.15) is 0 Å².